The van der Waals surface area contributed by atoms with Crippen LogP contribution in [0, 0.1) is 0 Å². The van der Waals surface area contributed by atoms with Crippen molar-refractivity contribution in [1.29, 1.82) is 0 Å². The fourth-order valence-electron chi connectivity index (χ4n) is 0.954. The predicted molar refractivity (Wildman–Crippen MR) is 62.3 cm³/mol. The van der Waals surface area contributed by atoms with E-state index in [-0.39, 0.29) is 5.75 Å². The fourth-order valence-corrected chi connectivity index (χ4v) is 3.06. The van der Waals surface area contributed by atoms with Crippen LogP contribution in [0.4, 0.5) is 0 Å². The maximum absolute atomic E-state index is 10.9. The number of carbonyl (C=O) groups excluding carboxylic acids is 1. The van der Waals surface area contributed by atoms with Crippen LogP contribution in [0.3, 0.4) is 0 Å². The van der Waals surface area contributed by atoms with Crippen molar-refractivity contribution < 1.29 is 13.2 Å². The van der Waals surface area contributed by atoms with Crippen molar-refractivity contribution in [3.8, 4) is 0 Å². The van der Waals surface area contributed by atoms with Crippen molar-refractivity contribution in [2.75, 3.05) is 17.8 Å². The highest BCUT2D eigenvalue weighted by Gasteiger charge is 2.02. The molecular weight excluding hydrogens is 232 g/mol. The summed E-state index contributed by atoms with van der Waals surface area (Å²) in [4.78, 5) is 11.4. The second-order valence-corrected chi connectivity index (χ2v) is 6.59. The van der Waals surface area contributed by atoms with E-state index in [4.69, 9.17) is 0 Å². The average molecular weight is 244 g/mol. The lowest BCUT2D eigenvalue weighted by molar-refractivity contribution is 0.112. The zero-order valence-electron chi connectivity index (χ0n) is 8.34. The highest BCUT2D eigenvalue weighted by Crippen LogP contribution is 2.17. The highest BCUT2D eigenvalue weighted by atomic mass is 32.2. The molecule has 15 heavy (non-hydrogen) atoms. The number of rotatable bonds is 5. The molecule has 0 amide bonds. The van der Waals surface area contributed by atoms with E-state index in [1.165, 1.54) is 18.0 Å². The molecule has 0 saturated heterocycles. The number of sulfone groups is 1. The summed E-state index contributed by atoms with van der Waals surface area (Å²) in [6.45, 7) is 0. The maximum Gasteiger partial charge on any atom is 0.150 e. The molecule has 0 saturated carbocycles. The van der Waals surface area contributed by atoms with Gasteiger partial charge in [0.15, 0.2) is 0 Å². The van der Waals surface area contributed by atoms with E-state index in [1.54, 1.807) is 12.1 Å². The molecule has 1 aromatic carbocycles. The van der Waals surface area contributed by atoms with Gasteiger partial charge < -0.3 is 0 Å². The summed E-state index contributed by atoms with van der Waals surface area (Å²) >= 11 is 1.47. The zero-order chi connectivity index (χ0) is 11.3. The Kier molecular flexibility index (Phi) is 4.35. The molecule has 1 aromatic rings. The van der Waals surface area contributed by atoms with Crippen LogP contribution in [0.25, 0.3) is 0 Å². The van der Waals surface area contributed by atoms with Gasteiger partial charge in [-0.05, 0) is 12.1 Å². The Morgan fingerprint density at radius 2 is 1.87 bits per heavy atom. The summed E-state index contributed by atoms with van der Waals surface area (Å²) in [6, 6.07) is 7.07. The first-order valence-electron chi connectivity index (χ1n) is 4.37. The SMILES string of the molecule is CS(=O)(=O)CCSc1ccc(C=O)cc1. The van der Waals surface area contributed by atoms with E-state index >= 15 is 0 Å². The van der Waals surface area contributed by atoms with Crippen LogP contribution in [0.5, 0.6) is 0 Å². The van der Waals surface area contributed by atoms with Gasteiger partial charge in [-0.15, -0.1) is 11.8 Å². The van der Waals surface area contributed by atoms with Crippen molar-refractivity contribution in [3.05, 3.63) is 29.8 Å². The molecule has 0 unspecified atom stereocenters. The standard InChI is InChI=1S/C10H12O3S2/c1-15(12,13)7-6-14-10-4-2-9(8-11)3-5-10/h2-5,8H,6-7H2,1H3. The zero-order valence-corrected chi connectivity index (χ0v) is 9.98. The Labute approximate surface area is 93.8 Å². The topological polar surface area (TPSA) is 51.2 Å². The molecule has 82 valence electrons. The van der Waals surface area contributed by atoms with Crippen LogP contribution in [-0.2, 0) is 9.84 Å². The van der Waals surface area contributed by atoms with Gasteiger partial charge in [-0.25, -0.2) is 8.42 Å². The molecule has 0 spiro atoms. The molecule has 1 rings (SSSR count). The third-order valence-electron chi connectivity index (χ3n) is 1.74. The molecule has 5 heteroatoms. The monoisotopic (exact) mass is 244 g/mol. The molecule has 0 N–H and O–H groups in total. The lowest BCUT2D eigenvalue weighted by Gasteiger charge is -2.00. The van der Waals surface area contributed by atoms with Crippen molar-refractivity contribution in [1.82, 2.24) is 0 Å². The van der Waals surface area contributed by atoms with Crippen LogP contribution >= 0.6 is 11.8 Å². The Bertz CT molecular complexity index is 420. The molecular formula is C10H12O3S2. The van der Waals surface area contributed by atoms with Crippen molar-refractivity contribution in [2.45, 2.75) is 4.90 Å². The minimum absolute atomic E-state index is 0.174. The van der Waals surface area contributed by atoms with Gasteiger partial charge in [-0.2, -0.15) is 0 Å². The average Bonchev–Trinajstić information content (AvgIpc) is 2.17. The minimum Gasteiger partial charge on any atom is -0.298 e. The number of hydrogen-bond acceptors (Lipinski definition) is 4. The van der Waals surface area contributed by atoms with Gasteiger partial charge >= 0.3 is 0 Å². The van der Waals surface area contributed by atoms with E-state index in [9.17, 15) is 13.2 Å². The van der Waals surface area contributed by atoms with Gasteiger partial charge in [0.05, 0.1) is 5.75 Å². The van der Waals surface area contributed by atoms with Crippen molar-refractivity contribution in [2.24, 2.45) is 0 Å². The molecule has 0 bridgehead atoms. The first kappa shape index (κ1) is 12.3. The lowest BCUT2D eigenvalue weighted by Crippen LogP contribution is -2.04. The summed E-state index contributed by atoms with van der Waals surface area (Å²) in [7, 11) is -2.88. The van der Waals surface area contributed by atoms with Crippen LogP contribution in [-0.4, -0.2) is 32.5 Å². The van der Waals surface area contributed by atoms with Crippen LogP contribution in [0.1, 0.15) is 10.4 Å². The van der Waals surface area contributed by atoms with Gasteiger partial charge in [0, 0.05) is 22.5 Å². The smallest absolute Gasteiger partial charge is 0.150 e. The lowest BCUT2D eigenvalue weighted by atomic mass is 10.2. The normalized spacial score (nSPS) is 11.3. The second-order valence-electron chi connectivity index (χ2n) is 3.17. The molecule has 0 aliphatic rings. The van der Waals surface area contributed by atoms with E-state index in [1.807, 2.05) is 12.1 Å². The van der Waals surface area contributed by atoms with Crippen LogP contribution in [0.2, 0.25) is 0 Å². The minimum atomic E-state index is -2.88. The quantitative estimate of drug-likeness (QED) is 0.583. The van der Waals surface area contributed by atoms with Gasteiger partial charge in [0.25, 0.3) is 0 Å². The summed E-state index contributed by atoms with van der Waals surface area (Å²) in [5.74, 6) is 0.715. The van der Waals surface area contributed by atoms with Gasteiger partial charge in [-0.3, -0.25) is 4.79 Å². The molecule has 0 fully saturated rings. The van der Waals surface area contributed by atoms with Gasteiger partial charge in [0.2, 0.25) is 0 Å². The fraction of sp³-hybridized carbons (Fsp3) is 0.300. The third-order valence-corrected chi connectivity index (χ3v) is 3.96. The Hall–Kier alpha value is -0.810. The molecule has 3 nitrogen and oxygen atoms in total. The predicted octanol–water partition coefficient (Wildman–Crippen LogP) is 1.64. The molecule has 0 aromatic heterocycles. The number of carbonyl (C=O) groups is 1. The van der Waals surface area contributed by atoms with E-state index in [2.05, 4.69) is 0 Å². The van der Waals surface area contributed by atoms with E-state index < -0.39 is 9.84 Å². The maximum atomic E-state index is 10.9. The van der Waals surface area contributed by atoms with Gasteiger partial charge in [-0.1, -0.05) is 12.1 Å². The van der Waals surface area contributed by atoms with Crippen molar-refractivity contribution >= 4 is 27.9 Å². The number of aldehydes is 1. The Balaban J connectivity index is 2.48. The summed E-state index contributed by atoms with van der Waals surface area (Å²) in [5.41, 5.74) is 0.627. The first-order valence-corrected chi connectivity index (χ1v) is 7.41. The third kappa shape index (κ3) is 4.99. The first-order chi connectivity index (χ1) is 7.01. The molecule has 0 heterocycles. The largest absolute Gasteiger partial charge is 0.298 e. The number of hydrogen-bond donors (Lipinski definition) is 0. The Morgan fingerprint density at radius 3 is 2.33 bits per heavy atom. The molecule has 0 radical (unpaired) electrons. The molecule has 0 aliphatic heterocycles. The highest BCUT2D eigenvalue weighted by molar-refractivity contribution is 8.00. The number of thioether (sulfide) groups is 1. The summed E-state index contributed by atoms with van der Waals surface area (Å²) in [5, 5.41) is 0. The Morgan fingerprint density at radius 1 is 1.27 bits per heavy atom. The van der Waals surface area contributed by atoms with E-state index in [0.29, 0.717) is 11.3 Å². The molecule has 0 aliphatic carbocycles. The molecule has 0 atom stereocenters. The summed E-state index contributed by atoms with van der Waals surface area (Å²) in [6.07, 6.45) is 2.01. The second kappa shape index (κ2) is 5.32. The number of benzene rings is 1. The van der Waals surface area contributed by atoms with Crippen LogP contribution in [0.15, 0.2) is 29.2 Å². The summed E-state index contributed by atoms with van der Waals surface area (Å²) < 4.78 is 21.7. The van der Waals surface area contributed by atoms with Gasteiger partial charge in [0.1, 0.15) is 16.1 Å². The van der Waals surface area contributed by atoms with E-state index in [0.717, 1.165) is 11.2 Å². The van der Waals surface area contributed by atoms with Crippen LogP contribution < -0.4 is 0 Å². The van der Waals surface area contributed by atoms with Crippen molar-refractivity contribution in [3.63, 3.8) is 0 Å².